The number of hydrogen-bond donors (Lipinski definition) is 0. The fraction of sp³-hybridized carbons (Fsp3) is 0.875. The van der Waals surface area contributed by atoms with E-state index in [0.29, 0.717) is 11.8 Å². The van der Waals surface area contributed by atoms with E-state index in [1.807, 2.05) is 0 Å². The van der Waals surface area contributed by atoms with Crippen molar-refractivity contribution in [3.63, 3.8) is 0 Å². The molecule has 0 aromatic heterocycles. The van der Waals surface area contributed by atoms with Crippen LogP contribution in [-0.2, 0) is 4.79 Å². The van der Waals surface area contributed by atoms with Gasteiger partial charge in [-0.2, -0.15) is 0 Å². The van der Waals surface area contributed by atoms with Gasteiger partial charge in [0.2, 0.25) is 0 Å². The van der Waals surface area contributed by atoms with Crippen molar-refractivity contribution in [1.29, 1.82) is 0 Å². The fourth-order valence-corrected chi connectivity index (χ4v) is 2.21. The van der Waals surface area contributed by atoms with E-state index in [-0.39, 0.29) is 0 Å². The third kappa shape index (κ3) is 0.870. The molecule has 3 unspecified atom stereocenters. The van der Waals surface area contributed by atoms with Gasteiger partial charge in [0.25, 0.3) is 0 Å². The lowest BCUT2D eigenvalue weighted by atomic mass is 9.92. The van der Waals surface area contributed by atoms with Crippen LogP contribution in [0.5, 0.6) is 0 Å². The van der Waals surface area contributed by atoms with Crippen molar-refractivity contribution in [2.24, 2.45) is 11.8 Å². The molecule has 2 nitrogen and oxygen atoms in total. The first kappa shape index (κ1) is 6.35. The lowest BCUT2D eigenvalue weighted by Gasteiger charge is -2.21. The standard InChI is InChI=1S/C8H13NO/c10-6-8-5-9-3-1-2-7(8)4-9/h6-8H,1-5H2. The van der Waals surface area contributed by atoms with Gasteiger partial charge in [0.1, 0.15) is 6.29 Å². The molecule has 2 aliphatic heterocycles. The quantitative estimate of drug-likeness (QED) is 0.494. The van der Waals surface area contributed by atoms with Crippen LogP contribution in [0.25, 0.3) is 0 Å². The molecule has 0 aromatic rings. The second kappa shape index (κ2) is 2.35. The lowest BCUT2D eigenvalue weighted by molar-refractivity contribution is -0.111. The molecule has 2 bridgehead atoms. The first-order valence-corrected chi connectivity index (χ1v) is 4.08. The van der Waals surface area contributed by atoms with Gasteiger partial charge in [-0.25, -0.2) is 0 Å². The van der Waals surface area contributed by atoms with Gasteiger partial charge in [-0.15, -0.1) is 0 Å². The average Bonchev–Trinajstić information content (AvgIpc) is 2.26. The van der Waals surface area contributed by atoms with E-state index >= 15 is 0 Å². The molecule has 0 radical (unpaired) electrons. The molecular weight excluding hydrogens is 126 g/mol. The number of hydrogen-bond acceptors (Lipinski definition) is 2. The zero-order valence-corrected chi connectivity index (χ0v) is 6.12. The van der Waals surface area contributed by atoms with Crippen LogP contribution in [0.4, 0.5) is 0 Å². The molecule has 2 saturated heterocycles. The summed E-state index contributed by atoms with van der Waals surface area (Å²) in [6, 6.07) is 0. The SMILES string of the molecule is O=CC1CN2CCCC1C2. The molecule has 2 heterocycles. The zero-order valence-electron chi connectivity index (χ0n) is 6.12. The first-order chi connectivity index (χ1) is 4.90. The average molecular weight is 139 g/mol. The normalized spacial score (nSPS) is 45.4. The Bertz CT molecular complexity index is 146. The molecule has 2 aliphatic rings. The number of carbonyl (C=O) groups is 1. The van der Waals surface area contributed by atoms with Crippen molar-refractivity contribution in [3.05, 3.63) is 0 Å². The van der Waals surface area contributed by atoms with Gasteiger partial charge in [0, 0.05) is 19.0 Å². The van der Waals surface area contributed by atoms with E-state index in [2.05, 4.69) is 4.90 Å². The molecule has 3 atom stereocenters. The molecular formula is C8H13NO. The van der Waals surface area contributed by atoms with E-state index in [0.717, 1.165) is 12.8 Å². The Kier molecular flexibility index (Phi) is 1.49. The van der Waals surface area contributed by atoms with Gasteiger partial charge >= 0.3 is 0 Å². The molecule has 0 aromatic carbocycles. The molecule has 0 spiro atoms. The van der Waals surface area contributed by atoms with E-state index in [9.17, 15) is 4.79 Å². The van der Waals surface area contributed by atoms with Crippen LogP contribution in [0.2, 0.25) is 0 Å². The highest BCUT2D eigenvalue weighted by atomic mass is 16.1. The Morgan fingerprint density at radius 1 is 1.40 bits per heavy atom. The Morgan fingerprint density at radius 3 is 3.00 bits per heavy atom. The molecule has 0 amide bonds. The summed E-state index contributed by atoms with van der Waals surface area (Å²) in [6.07, 6.45) is 3.73. The summed E-state index contributed by atoms with van der Waals surface area (Å²) >= 11 is 0. The van der Waals surface area contributed by atoms with Gasteiger partial charge < -0.3 is 9.69 Å². The molecule has 2 heteroatoms. The highest BCUT2D eigenvalue weighted by molar-refractivity contribution is 5.55. The monoisotopic (exact) mass is 139 g/mol. The van der Waals surface area contributed by atoms with Crippen molar-refractivity contribution in [2.45, 2.75) is 12.8 Å². The number of carbonyl (C=O) groups excluding carboxylic acids is 1. The summed E-state index contributed by atoms with van der Waals surface area (Å²) in [6.45, 7) is 3.44. The fourth-order valence-electron chi connectivity index (χ4n) is 2.21. The number of rotatable bonds is 1. The van der Waals surface area contributed by atoms with Crippen LogP contribution in [-0.4, -0.2) is 30.8 Å². The summed E-state index contributed by atoms with van der Waals surface area (Å²) in [5.41, 5.74) is 0. The molecule has 2 fully saturated rings. The summed E-state index contributed by atoms with van der Waals surface area (Å²) in [5, 5.41) is 0. The molecule has 0 aliphatic carbocycles. The maximum absolute atomic E-state index is 10.5. The number of fused-ring (bicyclic) bond motifs is 2. The molecule has 10 heavy (non-hydrogen) atoms. The van der Waals surface area contributed by atoms with Gasteiger partial charge in [-0.3, -0.25) is 0 Å². The second-order valence-corrected chi connectivity index (χ2v) is 3.46. The summed E-state index contributed by atoms with van der Waals surface area (Å²) in [5.74, 6) is 1.06. The van der Waals surface area contributed by atoms with Gasteiger partial charge in [0.05, 0.1) is 0 Å². The minimum atomic E-state index is 0.363. The van der Waals surface area contributed by atoms with Crippen LogP contribution >= 0.6 is 0 Å². The first-order valence-electron chi connectivity index (χ1n) is 4.08. The van der Waals surface area contributed by atoms with Gasteiger partial charge in [-0.1, -0.05) is 0 Å². The van der Waals surface area contributed by atoms with E-state index in [1.54, 1.807) is 0 Å². The van der Waals surface area contributed by atoms with Crippen LogP contribution in [0.15, 0.2) is 0 Å². The third-order valence-electron chi connectivity index (χ3n) is 2.79. The van der Waals surface area contributed by atoms with Crippen molar-refractivity contribution in [3.8, 4) is 0 Å². The van der Waals surface area contributed by atoms with Crippen LogP contribution in [0, 0.1) is 11.8 Å². The summed E-state index contributed by atoms with van der Waals surface area (Å²) in [7, 11) is 0. The van der Waals surface area contributed by atoms with E-state index < -0.39 is 0 Å². The molecule has 2 rings (SSSR count). The minimum Gasteiger partial charge on any atom is -0.303 e. The van der Waals surface area contributed by atoms with Crippen LogP contribution < -0.4 is 0 Å². The number of piperidine rings is 1. The van der Waals surface area contributed by atoms with E-state index in [1.165, 1.54) is 25.9 Å². The van der Waals surface area contributed by atoms with Crippen molar-refractivity contribution in [1.82, 2.24) is 4.90 Å². The minimum absolute atomic E-state index is 0.363. The topological polar surface area (TPSA) is 20.3 Å². The zero-order chi connectivity index (χ0) is 6.97. The van der Waals surface area contributed by atoms with Gasteiger partial charge in [-0.05, 0) is 25.3 Å². The van der Waals surface area contributed by atoms with E-state index in [4.69, 9.17) is 0 Å². The molecule has 0 saturated carbocycles. The van der Waals surface area contributed by atoms with Crippen molar-refractivity contribution in [2.75, 3.05) is 19.6 Å². The highest BCUT2D eigenvalue weighted by Gasteiger charge is 2.34. The van der Waals surface area contributed by atoms with Gasteiger partial charge in [0.15, 0.2) is 0 Å². The smallest absolute Gasteiger partial charge is 0.124 e. The Morgan fingerprint density at radius 2 is 2.30 bits per heavy atom. The number of nitrogens with zero attached hydrogens (tertiary/aromatic N) is 1. The predicted octanol–water partition coefficient (Wildman–Crippen LogP) is 0.527. The second-order valence-electron chi connectivity index (χ2n) is 3.46. The molecule has 56 valence electrons. The predicted molar refractivity (Wildman–Crippen MR) is 38.7 cm³/mol. The highest BCUT2D eigenvalue weighted by Crippen LogP contribution is 2.30. The Balaban J connectivity index is 2.07. The van der Waals surface area contributed by atoms with Crippen molar-refractivity contribution >= 4 is 6.29 Å². The summed E-state index contributed by atoms with van der Waals surface area (Å²) < 4.78 is 0. The lowest BCUT2D eigenvalue weighted by Crippen LogP contribution is -2.25. The summed E-state index contributed by atoms with van der Waals surface area (Å²) in [4.78, 5) is 12.9. The van der Waals surface area contributed by atoms with Crippen molar-refractivity contribution < 1.29 is 4.79 Å². The Labute approximate surface area is 61.2 Å². The maximum atomic E-state index is 10.5. The third-order valence-corrected chi connectivity index (χ3v) is 2.79. The van der Waals surface area contributed by atoms with Crippen LogP contribution in [0.3, 0.4) is 0 Å². The molecule has 0 N–H and O–H groups in total. The number of aldehydes is 1. The van der Waals surface area contributed by atoms with Crippen LogP contribution in [0.1, 0.15) is 12.8 Å². The maximum Gasteiger partial charge on any atom is 0.124 e. The Hall–Kier alpha value is -0.370. The largest absolute Gasteiger partial charge is 0.303 e.